The molecule has 0 saturated carbocycles. The van der Waals surface area contributed by atoms with Gasteiger partial charge < -0.3 is 9.47 Å². The van der Waals surface area contributed by atoms with Crippen LogP contribution in [0.3, 0.4) is 0 Å². The number of ether oxygens (including phenoxy) is 2. The Labute approximate surface area is 189 Å². The van der Waals surface area contributed by atoms with Gasteiger partial charge in [-0.1, -0.05) is 29.3 Å². The monoisotopic (exact) mass is 456 g/mol. The first-order valence-corrected chi connectivity index (χ1v) is 9.88. The number of aryl methyl sites for hydroxylation is 1. The maximum atomic E-state index is 12.3. The lowest BCUT2D eigenvalue weighted by Crippen LogP contribution is -2.18. The molecule has 0 fully saturated rings. The molecule has 0 aliphatic carbocycles. The summed E-state index contributed by atoms with van der Waals surface area (Å²) in [6.45, 7) is 1.91. The summed E-state index contributed by atoms with van der Waals surface area (Å²) in [5.74, 6) is -0.123. The van der Waals surface area contributed by atoms with Crippen molar-refractivity contribution < 1.29 is 19.1 Å². The Morgan fingerprint density at radius 2 is 1.71 bits per heavy atom. The van der Waals surface area contributed by atoms with E-state index in [1.165, 1.54) is 31.5 Å². The van der Waals surface area contributed by atoms with E-state index in [0.29, 0.717) is 27.6 Å². The minimum atomic E-state index is -0.556. The number of benzene rings is 3. The van der Waals surface area contributed by atoms with Crippen LogP contribution < -0.4 is 14.9 Å². The molecule has 0 radical (unpaired) electrons. The molecule has 3 aromatic rings. The van der Waals surface area contributed by atoms with Gasteiger partial charge in [0.25, 0.3) is 5.91 Å². The highest BCUT2D eigenvalue weighted by atomic mass is 35.5. The highest BCUT2D eigenvalue weighted by Gasteiger charge is 2.12. The SMILES string of the molecule is COc1cc(C)ccc1C(=O)N/N=C\c1ccc(OC(=O)c2ccc(Cl)c(Cl)c2)cc1. The Kier molecular flexibility index (Phi) is 7.28. The fourth-order valence-electron chi connectivity index (χ4n) is 2.62. The molecule has 0 spiro atoms. The minimum absolute atomic E-state index is 0.271. The first kappa shape index (κ1) is 22.3. The van der Waals surface area contributed by atoms with E-state index in [1.807, 2.05) is 13.0 Å². The predicted molar refractivity (Wildman–Crippen MR) is 121 cm³/mol. The van der Waals surface area contributed by atoms with Crippen LogP contribution in [0.2, 0.25) is 10.0 Å². The number of rotatable bonds is 6. The second-order valence-electron chi connectivity index (χ2n) is 6.49. The highest BCUT2D eigenvalue weighted by molar-refractivity contribution is 6.42. The molecule has 0 aromatic heterocycles. The van der Waals surface area contributed by atoms with Gasteiger partial charge in [0.15, 0.2) is 0 Å². The van der Waals surface area contributed by atoms with E-state index in [1.54, 1.807) is 36.4 Å². The molecule has 0 bridgehead atoms. The first-order chi connectivity index (χ1) is 14.9. The van der Waals surface area contributed by atoms with Crippen molar-refractivity contribution >= 4 is 41.3 Å². The maximum Gasteiger partial charge on any atom is 0.343 e. The van der Waals surface area contributed by atoms with Crippen LogP contribution in [0.5, 0.6) is 11.5 Å². The molecule has 0 saturated heterocycles. The molecular weight excluding hydrogens is 439 g/mol. The molecule has 3 aromatic carbocycles. The maximum absolute atomic E-state index is 12.3. The van der Waals surface area contributed by atoms with Crippen LogP contribution in [0.25, 0.3) is 0 Å². The highest BCUT2D eigenvalue weighted by Crippen LogP contribution is 2.23. The van der Waals surface area contributed by atoms with Crippen LogP contribution >= 0.6 is 23.2 Å². The van der Waals surface area contributed by atoms with Gasteiger partial charge in [-0.05, 0) is 72.6 Å². The molecule has 0 aliphatic heterocycles. The molecule has 31 heavy (non-hydrogen) atoms. The summed E-state index contributed by atoms with van der Waals surface area (Å²) < 4.78 is 10.6. The normalized spacial score (nSPS) is 10.7. The summed E-state index contributed by atoms with van der Waals surface area (Å²) in [7, 11) is 1.50. The molecule has 158 valence electrons. The number of hydrogen-bond acceptors (Lipinski definition) is 5. The molecule has 0 aliphatic rings. The van der Waals surface area contributed by atoms with E-state index >= 15 is 0 Å². The summed E-state index contributed by atoms with van der Waals surface area (Å²) >= 11 is 11.8. The largest absolute Gasteiger partial charge is 0.496 e. The lowest BCUT2D eigenvalue weighted by molar-refractivity contribution is 0.0734. The van der Waals surface area contributed by atoms with Crippen molar-refractivity contribution in [1.82, 2.24) is 5.43 Å². The van der Waals surface area contributed by atoms with Crippen LogP contribution in [0.1, 0.15) is 31.8 Å². The molecule has 8 heteroatoms. The topological polar surface area (TPSA) is 77.0 Å². The summed E-state index contributed by atoms with van der Waals surface area (Å²) in [4.78, 5) is 24.5. The average molecular weight is 457 g/mol. The van der Waals surface area contributed by atoms with E-state index in [4.69, 9.17) is 32.7 Å². The van der Waals surface area contributed by atoms with Gasteiger partial charge in [-0.2, -0.15) is 5.10 Å². The van der Waals surface area contributed by atoms with Crippen LogP contribution in [0, 0.1) is 6.92 Å². The number of nitrogens with zero attached hydrogens (tertiary/aromatic N) is 1. The minimum Gasteiger partial charge on any atom is -0.496 e. The van der Waals surface area contributed by atoms with Gasteiger partial charge >= 0.3 is 5.97 Å². The van der Waals surface area contributed by atoms with Crippen molar-refractivity contribution in [2.24, 2.45) is 5.10 Å². The standard InChI is InChI=1S/C23H18Cl2N2O4/c1-14-3-9-18(21(11-14)30-2)22(28)27-26-13-15-4-7-17(8-5-15)31-23(29)16-6-10-19(24)20(25)12-16/h3-13H,1-2H3,(H,27,28)/b26-13-. The van der Waals surface area contributed by atoms with Gasteiger partial charge in [0.2, 0.25) is 0 Å². The number of esters is 1. The zero-order valence-corrected chi connectivity index (χ0v) is 18.2. The van der Waals surface area contributed by atoms with Crippen LogP contribution in [-0.4, -0.2) is 25.2 Å². The first-order valence-electron chi connectivity index (χ1n) is 9.12. The number of hydrogen-bond donors (Lipinski definition) is 1. The lowest BCUT2D eigenvalue weighted by atomic mass is 10.1. The Hall–Kier alpha value is -3.35. The Balaban J connectivity index is 1.60. The van der Waals surface area contributed by atoms with Crippen molar-refractivity contribution in [2.45, 2.75) is 6.92 Å². The van der Waals surface area contributed by atoms with E-state index in [9.17, 15) is 9.59 Å². The fourth-order valence-corrected chi connectivity index (χ4v) is 2.92. The molecule has 3 rings (SSSR count). The summed E-state index contributed by atoms with van der Waals surface area (Å²) in [6.07, 6.45) is 1.48. The number of nitrogens with one attached hydrogen (secondary N) is 1. The molecule has 0 unspecified atom stereocenters. The third-order valence-electron chi connectivity index (χ3n) is 4.23. The third-order valence-corrected chi connectivity index (χ3v) is 4.97. The van der Waals surface area contributed by atoms with Gasteiger partial charge in [-0.15, -0.1) is 0 Å². The van der Waals surface area contributed by atoms with Gasteiger partial charge in [-0.3, -0.25) is 4.79 Å². The molecule has 0 heterocycles. The Morgan fingerprint density at radius 3 is 2.39 bits per heavy atom. The van der Waals surface area contributed by atoms with Crippen molar-refractivity contribution in [3.63, 3.8) is 0 Å². The summed E-state index contributed by atoms with van der Waals surface area (Å²) in [5, 5.41) is 4.58. The number of carbonyl (C=O) groups excluding carboxylic acids is 2. The van der Waals surface area contributed by atoms with Crippen molar-refractivity contribution in [1.29, 1.82) is 0 Å². The summed E-state index contributed by atoms with van der Waals surface area (Å²) in [6, 6.07) is 16.4. The van der Waals surface area contributed by atoms with Crippen LogP contribution in [0.4, 0.5) is 0 Å². The smallest absolute Gasteiger partial charge is 0.343 e. The number of methoxy groups -OCH3 is 1. The van der Waals surface area contributed by atoms with Gasteiger partial charge in [0.05, 0.1) is 34.5 Å². The number of hydrazone groups is 1. The van der Waals surface area contributed by atoms with Crippen molar-refractivity contribution in [3.8, 4) is 11.5 Å². The number of carbonyl (C=O) groups is 2. The lowest BCUT2D eigenvalue weighted by Gasteiger charge is -2.07. The van der Waals surface area contributed by atoms with Crippen molar-refractivity contribution in [3.05, 3.63) is 93.0 Å². The quantitative estimate of drug-likeness (QED) is 0.236. The number of amides is 1. The zero-order valence-electron chi connectivity index (χ0n) is 16.7. The van der Waals surface area contributed by atoms with E-state index in [-0.39, 0.29) is 16.5 Å². The summed E-state index contributed by atoms with van der Waals surface area (Å²) in [5.41, 5.74) is 4.81. The van der Waals surface area contributed by atoms with E-state index < -0.39 is 5.97 Å². The molecular formula is C23H18Cl2N2O4. The van der Waals surface area contributed by atoms with Gasteiger partial charge in [0, 0.05) is 0 Å². The van der Waals surface area contributed by atoms with Crippen LogP contribution in [0.15, 0.2) is 65.8 Å². The van der Waals surface area contributed by atoms with Crippen LogP contribution in [-0.2, 0) is 0 Å². The molecule has 1 amide bonds. The average Bonchev–Trinajstić information content (AvgIpc) is 2.76. The Morgan fingerprint density at radius 1 is 0.968 bits per heavy atom. The second-order valence-corrected chi connectivity index (χ2v) is 7.30. The van der Waals surface area contributed by atoms with Gasteiger partial charge in [0.1, 0.15) is 11.5 Å². The second kappa shape index (κ2) is 10.1. The molecule has 6 nitrogen and oxygen atoms in total. The van der Waals surface area contributed by atoms with E-state index in [2.05, 4.69) is 10.5 Å². The van der Waals surface area contributed by atoms with Gasteiger partial charge in [-0.25, -0.2) is 10.2 Å². The third kappa shape index (κ3) is 5.84. The van der Waals surface area contributed by atoms with Crippen molar-refractivity contribution in [2.75, 3.05) is 7.11 Å². The number of halogens is 2. The fraction of sp³-hybridized carbons (Fsp3) is 0.0870. The predicted octanol–water partition coefficient (Wildman–Crippen LogP) is 5.29. The van der Waals surface area contributed by atoms with E-state index in [0.717, 1.165) is 5.56 Å². The Bertz CT molecular complexity index is 1140. The zero-order chi connectivity index (χ0) is 22.4. The molecule has 1 N–H and O–H groups in total. The molecule has 0 atom stereocenters.